The number of carbonyl (C=O) groups excluding carboxylic acids is 3. The van der Waals surface area contributed by atoms with Gasteiger partial charge in [0.05, 0.1) is 21.6 Å². The summed E-state index contributed by atoms with van der Waals surface area (Å²) < 4.78 is 45.2. The van der Waals surface area contributed by atoms with Crippen LogP contribution in [0.5, 0.6) is 0 Å². The highest BCUT2D eigenvalue weighted by molar-refractivity contribution is 6.42. The third kappa shape index (κ3) is 11.4. The Hall–Kier alpha value is -3.46. The van der Waals surface area contributed by atoms with Crippen molar-refractivity contribution in [2.24, 2.45) is 5.73 Å². The maximum Gasteiger partial charge on any atom is 0.490 e. The number of nitrogens with one attached hydrogen (secondary N) is 2. The van der Waals surface area contributed by atoms with E-state index < -0.39 is 35.7 Å². The van der Waals surface area contributed by atoms with Crippen molar-refractivity contribution in [2.45, 2.75) is 63.5 Å². The monoisotopic (exact) mass is 693 g/mol. The minimum absolute atomic E-state index is 0.139. The van der Waals surface area contributed by atoms with Gasteiger partial charge in [-0.2, -0.15) is 13.2 Å². The van der Waals surface area contributed by atoms with Crippen LogP contribution in [0.1, 0.15) is 31.9 Å². The summed E-state index contributed by atoms with van der Waals surface area (Å²) in [7, 11) is 1.59. The van der Waals surface area contributed by atoms with E-state index in [1.165, 1.54) is 12.1 Å². The Morgan fingerprint density at radius 2 is 1.57 bits per heavy atom. The van der Waals surface area contributed by atoms with E-state index in [4.69, 9.17) is 38.8 Å². The van der Waals surface area contributed by atoms with E-state index in [1.54, 1.807) is 50.1 Å². The van der Waals surface area contributed by atoms with Crippen LogP contribution in [0.3, 0.4) is 0 Å². The van der Waals surface area contributed by atoms with Crippen molar-refractivity contribution in [1.29, 1.82) is 0 Å². The van der Waals surface area contributed by atoms with Gasteiger partial charge in [-0.3, -0.25) is 19.3 Å². The highest BCUT2D eigenvalue weighted by atomic mass is 35.5. The molecule has 10 nitrogen and oxygen atoms in total. The van der Waals surface area contributed by atoms with E-state index in [0.29, 0.717) is 41.7 Å². The van der Waals surface area contributed by atoms with Gasteiger partial charge in [0.15, 0.2) is 0 Å². The van der Waals surface area contributed by atoms with Gasteiger partial charge in [-0.05, 0) is 62.6 Å². The maximum atomic E-state index is 13.7. The molecule has 1 heterocycles. The molecule has 3 amide bonds. The number of nitrogens with two attached hydrogens (primary N) is 1. The molecule has 1 saturated heterocycles. The number of carboxylic acids is 1. The average Bonchev–Trinajstić information content (AvgIpc) is 2.97. The number of nitrogens with zero attached hydrogens (tertiary/aromatic N) is 2. The molecule has 46 heavy (non-hydrogen) atoms. The Bertz CT molecular complexity index is 1390. The number of rotatable bonds is 9. The SMILES string of the molecule is CNC(=O)C(Cc1ccc(Cl)c(Cl)c1)N1CCN(C(=O)C(Cc2ccc(F)cc2)NC(=O)C(C)(C)N)C(C)C1.O=C(O)C(F)(F)F. The standard InChI is InChI=1S/C28H36Cl2FN5O3.C2HF3O2/c1-17-16-35(24(25(37)33-4)15-19-7-10-21(29)22(30)13-19)11-12-36(17)26(38)23(34-27(39)28(2,3)32)14-18-5-8-20(31)9-6-18;3-2(4,5)1(6)7/h5-10,13,17,23-24H,11-12,14-16,32H2,1-4H3,(H,33,37)(H,34,39);(H,6,7). The molecule has 1 aliphatic heterocycles. The predicted octanol–water partition coefficient (Wildman–Crippen LogP) is 3.42. The number of aliphatic carboxylic acids is 1. The van der Waals surface area contributed by atoms with Crippen LogP contribution in [0, 0.1) is 5.82 Å². The van der Waals surface area contributed by atoms with Gasteiger partial charge < -0.3 is 26.4 Å². The van der Waals surface area contributed by atoms with E-state index in [1.807, 2.05) is 17.9 Å². The summed E-state index contributed by atoms with van der Waals surface area (Å²) >= 11 is 12.2. The first-order valence-electron chi connectivity index (χ1n) is 14.1. The molecule has 3 atom stereocenters. The van der Waals surface area contributed by atoms with E-state index >= 15 is 0 Å². The summed E-state index contributed by atoms with van der Waals surface area (Å²) in [5, 5.41) is 13.5. The lowest BCUT2D eigenvalue weighted by Crippen LogP contribution is -2.63. The summed E-state index contributed by atoms with van der Waals surface area (Å²) in [6, 6.07) is 9.52. The Labute approximate surface area is 274 Å². The van der Waals surface area contributed by atoms with Crippen molar-refractivity contribution >= 4 is 46.9 Å². The summed E-state index contributed by atoms with van der Waals surface area (Å²) in [4.78, 5) is 52.0. The molecule has 1 fully saturated rings. The Morgan fingerprint density at radius 1 is 1.00 bits per heavy atom. The van der Waals surface area contributed by atoms with Gasteiger partial charge in [-0.15, -0.1) is 0 Å². The van der Waals surface area contributed by atoms with Crippen LogP contribution >= 0.6 is 23.2 Å². The molecular formula is C30H37Cl2F4N5O5. The van der Waals surface area contributed by atoms with Gasteiger partial charge in [-0.1, -0.05) is 41.4 Å². The van der Waals surface area contributed by atoms with E-state index in [9.17, 15) is 31.9 Å². The number of carbonyl (C=O) groups is 4. The fourth-order valence-electron chi connectivity index (χ4n) is 4.64. The molecule has 0 bridgehead atoms. The Kier molecular flexibility index (Phi) is 13.8. The summed E-state index contributed by atoms with van der Waals surface area (Å²) in [6.45, 7) is 6.30. The van der Waals surface area contributed by atoms with Crippen molar-refractivity contribution in [2.75, 3.05) is 26.7 Å². The summed E-state index contributed by atoms with van der Waals surface area (Å²) in [5.74, 6) is -4.00. The Balaban J connectivity index is 0.000000942. The van der Waals surface area contributed by atoms with Gasteiger partial charge >= 0.3 is 12.1 Å². The third-order valence-corrected chi connectivity index (χ3v) is 7.87. The second-order valence-electron chi connectivity index (χ2n) is 11.3. The molecule has 5 N–H and O–H groups in total. The lowest BCUT2D eigenvalue weighted by molar-refractivity contribution is -0.192. The molecule has 0 spiro atoms. The first-order chi connectivity index (χ1) is 21.2. The number of carboxylic acid groups (broad SMARTS) is 1. The smallest absolute Gasteiger partial charge is 0.475 e. The molecule has 3 unspecified atom stereocenters. The highest BCUT2D eigenvalue weighted by Gasteiger charge is 2.39. The summed E-state index contributed by atoms with van der Waals surface area (Å²) in [6.07, 6.45) is -4.47. The van der Waals surface area contributed by atoms with Crippen molar-refractivity contribution in [3.05, 3.63) is 69.5 Å². The second-order valence-corrected chi connectivity index (χ2v) is 12.2. The van der Waals surface area contributed by atoms with Crippen molar-refractivity contribution < 1.29 is 41.8 Å². The fraction of sp³-hybridized carbons (Fsp3) is 0.467. The number of halogens is 6. The lowest BCUT2D eigenvalue weighted by atomic mass is 9.99. The fourth-order valence-corrected chi connectivity index (χ4v) is 4.96. The minimum atomic E-state index is -5.08. The number of alkyl halides is 3. The largest absolute Gasteiger partial charge is 0.490 e. The van der Waals surface area contributed by atoms with Crippen molar-refractivity contribution in [3.8, 4) is 0 Å². The number of hydrogen-bond donors (Lipinski definition) is 4. The number of likely N-dealkylation sites (N-methyl/N-ethyl adjacent to an activating group) is 1. The zero-order valence-corrected chi connectivity index (χ0v) is 27.1. The van der Waals surface area contributed by atoms with Crippen LogP contribution in [0.2, 0.25) is 10.0 Å². The van der Waals surface area contributed by atoms with Gasteiger partial charge in [0.25, 0.3) is 0 Å². The quantitative estimate of drug-likeness (QED) is 0.295. The zero-order valence-electron chi connectivity index (χ0n) is 25.6. The number of benzene rings is 2. The predicted molar refractivity (Wildman–Crippen MR) is 165 cm³/mol. The molecule has 0 aromatic heterocycles. The van der Waals surface area contributed by atoms with Crippen LogP contribution in [-0.4, -0.2) is 95.1 Å². The van der Waals surface area contributed by atoms with Crippen molar-refractivity contribution in [3.63, 3.8) is 0 Å². The van der Waals surface area contributed by atoms with Crippen LogP contribution in [0.4, 0.5) is 17.6 Å². The molecule has 1 aliphatic rings. The molecule has 0 aliphatic carbocycles. The minimum Gasteiger partial charge on any atom is -0.475 e. The van der Waals surface area contributed by atoms with Gasteiger partial charge in [0, 0.05) is 39.1 Å². The van der Waals surface area contributed by atoms with Gasteiger partial charge in [0.1, 0.15) is 11.9 Å². The van der Waals surface area contributed by atoms with E-state index in [0.717, 1.165) is 5.56 Å². The van der Waals surface area contributed by atoms with Crippen LogP contribution < -0.4 is 16.4 Å². The van der Waals surface area contributed by atoms with Crippen LogP contribution in [-0.2, 0) is 32.0 Å². The Morgan fingerprint density at radius 3 is 2.04 bits per heavy atom. The molecule has 254 valence electrons. The van der Waals surface area contributed by atoms with Crippen LogP contribution in [0.15, 0.2) is 42.5 Å². The maximum absolute atomic E-state index is 13.7. The highest BCUT2D eigenvalue weighted by Crippen LogP contribution is 2.25. The van der Waals surface area contributed by atoms with Crippen molar-refractivity contribution in [1.82, 2.24) is 20.4 Å². The zero-order chi connectivity index (χ0) is 35.0. The average molecular weight is 695 g/mol. The van der Waals surface area contributed by atoms with Gasteiger partial charge in [-0.25, -0.2) is 9.18 Å². The molecule has 2 aromatic carbocycles. The molecular weight excluding hydrogens is 657 g/mol. The van der Waals surface area contributed by atoms with E-state index in [2.05, 4.69) is 10.6 Å². The topological polar surface area (TPSA) is 145 Å². The van der Waals surface area contributed by atoms with E-state index in [-0.39, 0.29) is 30.1 Å². The number of hydrogen-bond acceptors (Lipinski definition) is 6. The number of piperazine rings is 1. The third-order valence-electron chi connectivity index (χ3n) is 7.13. The molecule has 0 radical (unpaired) electrons. The van der Waals surface area contributed by atoms with Crippen LogP contribution in [0.25, 0.3) is 0 Å². The molecule has 3 rings (SSSR count). The summed E-state index contributed by atoms with van der Waals surface area (Å²) in [5.41, 5.74) is 6.37. The molecule has 16 heteroatoms. The molecule has 0 saturated carbocycles. The first-order valence-corrected chi connectivity index (χ1v) is 14.8. The second kappa shape index (κ2) is 16.4. The first kappa shape index (κ1) is 38.7. The molecule has 2 aromatic rings. The number of amides is 3. The lowest BCUT2D eigenvalue weighted by Gasteiger charge is -2.44. The van der Waals surface area contributed by atoms with Gasteiger partial charge in [0.2, 0.25) is 17.7 Å². The normalized spacial score (nSPS) is 16.8.